The van der Waals surface area contributed by atoms with E-state index in [1.807, 2.05) is 31.2 Å². The number of carbonyl (C=O) groups excluding carboxylic acids is 1. The molecule has 0 aliphatic heterocycles. The highest BCUT2D eigenvalue weighted by Gasteiger charge is 2.13. The summed E-state index contributed by atoms with van der Waals surface area (Å²) in [6.45, 7) is 2.00. The lowest BCUT2D eigenvalue weighted by atomic mass is 10.1. The number of amides is 1. The zero-order valence-corrected chi connectivity index (χ0v) is 13.4. The van der Waals surface area contributed by atoms with Crippen molar-refractivity contribution >= 4 is 34.5 Å². The number of hydrogen-bond acceptors (Lipinski definition) is 5. The van der Waals surface area contributed by atoms with Gasteiger partial charge in [-0.1, -0.05) is 19.1 Å². The molecule has 1 aromatic heterocycles. The van der Waals surface area contributed by atoms with Crippen molar-refractivity contribution in [1.82, 2.24) is 4.98 Å². The molecule has 0 spiro atoms. The smallest absolute Gasteiger partial charge is 0.234 e. The number of anilines is 1. The minimum Gasteiger partial charge on any atom is -0.507 e. The van der Waals surface area contributed by atoms with Crippen molar-refractivity contribution in [1.29, 1.82) is 0 Å². The molecule has 2 N–H and O–H groups in total. The van der Waals surface area contributed by atoms with Gasteiger partial charge in [-0.25, -0.2) is 4.98 Å². The van der Waals surface area contributed by atoms with Crippen molar-refractivity contribution < 1.29 is 14.3 Å². The number of aromatic nitrogens is 1. The van der Waals surface area contributed by atoms with Crippen LogP contribution < -0.4 is 5.32 Å². The Morgan fingerprint density at radius 3 is 2.91 bits per heavy atom. The molecule has 0 saturated heterocycles. The summed E-state index contributed by atoms with van der Waals surface area (Å²) in [5.74, 6) is 1.58. The fraction of sp³-hybridized carbons (Fsp3) is 0.176. The Kier molecular flexibility index (Phi) is 4.52. The van der Waals surface area contributed by atoms with Gasteiger partial charge in [-0.3, -0.25) is 4.79 Å². The molecule has 2 aromatic carbocycles. The molecular formula is C17H16N2O3S. The molecule has 1 heterocycles. The molecule has 0 fully saturated rings. The van der Waals surface area contributed by atoms with Crippen LogP contribution in [0.2, 0.25) is 0 Å². The molecule has 23 heavy (non-hydrogen) atoms. The minimum atomic E-state index is -0.0777. The number of phenolic OH excluding ortho intramolecular Hbond substituents is 1. The largest absolute Gasteiger partial charge is 0.507 e. The van der Waals surface area contributed by atoms with Crippen LogP contribution in [-0.2, 0) is 4.79 Å². The van der Waals surface area contributed by atoms with Gasteiger partial charge in [0.15, 0.2) is 5.58 Å². The van der Waals surface area contributed by atoms with E-state index in [2.05, 4.69) is 10.3 Å². The summed E-state index contributed by atoms with van der Waals surface area (Å²) in [5, 5.41) is 12.9. The molecule has 0 radical (unpaired) electrons. The second kappa shape index (κ2) is 6.75. The Labute approximate surface area is 137 Å². The highest BCUT2D eigenvalue weighted by atomic mass is 32.2. The van der Waals surface area contributed by atoms with E-state index in [-0.39, 0.29) is 11.7 Å². The molecule has 3 aromatic rings. The number of aromatic hydroxyl groups is 1. The topological polar surface area (TPSA) is 75.4 Å². The maximum Gasteiger partial charge on any atom is 0.234 e. The Morgan fingerprint density at radius 2 is 2.13 bits per heavy atom. The molecule has 0 bridgehead atoms. The summed E-state index contributed by atoms with van der Waals surface area (Å²) in [6, 6.07) is 12.2. The van der Waals surface area contributed by atoms with Crippen LogP contribution in [0.4, 0.5) is 5.69 Å². The number of benzene rings is 2. The van der Waals surface area contributed by atoms with Gasteiger partial charge in [0.1, 0.15) is 11.3 Å². The fourth-order valence-corrected chi connectivity index (χ4v) is 2.63. The second-order valence-corrected chi connectivity index (χ2v) is 6.18. The summed E-state index contributed by atoms with van der Waals surface area (Å²) >= 11 is 1.55. The predicted octanol–water partition coefficient (Wildman–Crippen LogP) is 3.89. The molecule has 0 atom stereocenters. The second-order valence-electron chi connectivity index (χ2n) is 4.90. The van der Waals surface area contributed by atoms with Crippen LogP contribution in [0.25, 0.3) is 22.6 Å². The average molecular weight is 328 g/mol. The quantitative estimate of drug-likeness (QED) is 0.695. The van der Waals surface area contributed by atoms with Crippen molar-refractivity contribution in [3.63, 3.8) is 0 Å². The van der Waals surface area contributed by atoms with E-state index in [4.69, 9.17) is 4.42 Å². The highest BCUT2D eigenvalue weighted by Crippen LogP contribution is 2.33. The number of rotatable bonds is 5. The lowest BCUT2D eigenvalue weighted by molar-refractivity contribution is -0.113. The van der Waals surface area contributed by atoms with E-state index in [1.54, 1.807) is 23.9 Å². The molecule has 0 unspecified atom stereocenters. The first-order chi connectivity index (χ1) is 11.2. The van der Waals surface area contributed by atoms with Gasteiger partial charge < -0.3 is 14.8 Å². The zero-order valence-electron chi connectivity index (χ0n) is 12.6. The van der Waals surface area contributed by atoms with Gasteiger partial charge in [0, 0.05) is 5.69 Å². The number of fused-ring (bicyclic) bond motifs is 1. The van der Waals surface area contributed by atoms with Crippen LogP contribution in [0, 0.1) is 0 Å². The lowest BCUT2D eigenvalue weighted by Crippen LogP contribution is -2.14. The standard InChI is InChI=1S/C17H16N2O3S/c1-2-23-10-16(21)18-11-7-8-14(20)12(9-11)17-19-13-5-3-4-6-15(13)22-17/h3-9,20H,2,10H2,1H3,(H,18,21). The number of nitrogens with one attached hydrogen (secondary N) is 1. The maximum absolute atomic E-state index is 11.8. The maximum atomic E-state index is 11.8. The van der Waals surface area contributed by atoms with E-state index < -0.39 is 0 Å². The van der Waals surface area contributed by atoms with Gasteiger partial charge >= 0.3 is 0 Å². The van der Waals surface area contributed by atoms with Gasteiger partial charge in [0.05, 0.1) is 11.3 Å². The first-order valence-electron chi connectivity index (χ1n) is 7.24. The Morgan fingerprint density at radius 1 is 1.30 bits per heavy atom. The van der Waals surface area contributed by atoms with Crippen molar-refractivity contribution in [2.24, 2.45) is 0 Å². The number of nitrogens with zero attached hydrogens (tertiary/aromatic N) is 1. The first-order valence-corrected chi connectivity index (χ1v) is 8.39. The average Bonchev–Trinajstić information content (AvgIpc) is 2.98. The van der Waals surface area contributed by atoms with Gasteiger partial charge in [0.25, 0.3) is 0 Å². The number of phenols is 1. The highest BCUT2D eigenvalue weighted by molar-refractivity contribution is 7.99. The van der Waals surface area contributed by atoms with E-state index in [0.717, 1.165) is 11.3 Å². The Balaban J connectivity index is 1.89. The molecule has 118 valence electrons. The number of carbonyl (C=O) groups is 1. The molecule has 0 aliphatic rings. The van der Waals surface area contributed by atoms with Gasteiger partial charge in [-0.15, -0.1) is 0 Å². The number of oxazole rings is 1. The number of thioether (sulfide) groups is 1. The Hall–Kier alpha value is -2.47. The summed E-state index contributed by atoms with van der Waals surface area (Å²) in [7, 11) is 0. The molecular weight excluding hydrogens is 312 g/mol. The third-order valence-electron chi connectivity index (χ3n) is 3.24. The van der Waals surface area contributed by atoms with Crippen LogP contribution in [0.5, 0.6) is 5.75 Å². The van der Waals surface area contributed by atoms with Crippen LogP contribution in [-0.4, -0.2) is 27.5 Å². The van der Waals surface area contributed by atoms with E-state index in [1.165, 1.54) is 6.07 Å². The van der Waals surface area contributed by atoms with Crippen LogP contribution in [0.1, 0.15) is 6.92 Å². The van der Waals surface area contributed by atoms with Crippen LogP contribution in [0.15, 0.2) is 46.9 Å². The normalized spacial score (nSPS) is 10.8. The number of para-hydroxylation sites is 2. The monoisotopic (exact) mass is 328 g/mol. The lowest BCUT2D eigenvalue weighted by Gasteiger charge is -2.07. The molecule has 5 nitrogen and oxygen atoms in total. The van der Waals surface area contributed by atoms with Crippen molar-refractivity contribution in [2.75, 3.05) is 16.8 Å². The van der Waals surface area contributed by atoms with Crippen LogP contribution >= 0.6 is 11.8 Å². The van der Waals surface area contributed by atoms with Gasteiger partial charge in [0.2, 0.25) is 11.8 Å². The van der Waals surface area contributed by atoms with Crippen molar-refractivity contribution in [2.45, 2.75) is 6.92 Å². The van der Waals surface area contributed by atoms with E-state index in [9.17, 15) is 9.90 Å². The third-order valence-corrected chi connectivity index (χ3v) is 4.12. The molecule has 1 amide bonds. The SMILES string of the molecule is CCSCC(=O)Nc1ccc(O)c(-c2nc3ccccc3o2)c1. The summed E-state index contributed by atoms with van der Waals surface area (Å²) < 4.78 is 5.67. The molecule has 6 heteroatoms. The Bertz CT molecular complexity index is 812. The van der Waals surface area contributed by atoms with Crippen molar-refractivity contribution in [3.8, 4) is 17.2 Å². The van der Waals surface area contributed by atoms with Gasteiger partial charge in [-0.05, 0) is 36.1 Å². The summed E-state index contributed by atoms with van der Waals surface area (Å²) in [4.78, 5) is 16.2. The molecule has 3 rings (SSSR count). The third kappa shape index (κ3) is 3.48. The van der Waals surface area contributed by atoms with E-state index >= 15 is 0 Å². The summed E-state index contributed by atoms with van der Waals surface area (Å²) in [5.41, 5.74) is 2.41. The van der Waals surface area contributed by atoms with Gasteiger partial charge in [-0.2, -0.15) is 11.8 Å². The van der Waals surface area contributed by atoms with Crippen molar-refractivity contribution in [3.05, 3.63) is 42.5 Å². The predicted molar refractivity (Wildman–Crippen MR) is 92.7 cm³/mol. The van der Waals surface area contributed by atoms with E-state index in [0.29, 0.717) is 28.5 Å². The molecule has 0 saturated carbocycles. The van der Waals surface area contributed by atoms with Crippen LogP contribution in [0.3, 0.4) is 0 Å². The first kappa shape index (κ1) is 15.4. The number of hydrogen-bond donors (Lipinski definition) is 2. The fourth-order valence-electron chi connectivity index (χ4n) is 2.16. The summed E-state index contributed by atoms with van der Waals surface area (Å²) in [6.07, 6.45) is 0. The molecule has 0 aliphatic carbocycles. The minimum absolute atomic E-state index is 0.0532. The zero-order chi connectivity index (χ0) is 16.2.